The first kappa shape index (κ1) is 29.1. The zero-order chi connectivity index (χ0) is 27.8. The van der Waals surface area contributed by atoms with Gasteiger partial charge in [0.25, 0.3) is 5.91 Å². The largest absolute Gasteiger partial charge is 0.497 e. The number of hydrogen-bond donors (Lipinski definition) is 0. The van der Waals surface area contributed by atoms with Crippen molar-refractivity contribution in [1.82, 2.24) is 24.3 Å². The van der Waals surface area contributed by atoms with Crippen LogP contribution in [0.3, 0.4) is 0 Å². The van der Waals surface area contributed by atoms with Gasteiger partial charge in [0.2, 0.25) is 0 Å². The van der Waals surface area contributed by atoms with E-state index in [4.69, 9.17) is 9.72 Å². The van der Waals surface area contributed by atoms with Gasteiger partial charge in [-0.1, -0.05) is 34.1 Å². The van der Waals surface area contributed by atoms with Gasteiger partial charge in [0.05, 0.1) is 18.8 Å². The molecule has 3 aromatic rings. The van der Waals surface area contributed by atoms with Crippen molar-refractivity contribution in [1.29, 1.82) is 0 Å². The number of carbonyl (C=O) groups excluding carboxylic acids is 1. The number of likely N-dealkylation sites (tertiary alicyclic amines) is 1. The summed E-state index contributed by atoms with van der Waals surface area (Å²) in [7, 11) is 1.68. The standard InChI is InChI=1S/C32H47N5O2/c1-24(2)14-20-36(21-15-25(3)4)32(38)28-22-30-29(23-33-28)34-31(26-10-12-27(39-5)13-11-26)37(30)19-9-18-35-16-7-6-8-17-35/h10-13,22-25H,6-9,14-21H2,1-5H3. The monoisotopic (exact) mass is 533 g/mol. The molecule has 2 aromatic heterocycles. The summed E-state index contributed by atoms with van der Waals surface area (Å²) in [5, 5.41) is 0. The highest BCUT2D eigenvalue weighted by Crippen LogP contribution is 2.27. The Kier molecular flexibility index (Phi) is 10.4. The number of benzene rings is 1. The Balaban J connectivity index is 1.64. The molecule has 1 aliphatic heterocycles. The fourth-order valence-corrected chi connectivity index (χ4v) is 5.27. The number of fused-ring (bicyclic) bond motifs is 1. The first-order valence-electron chi connectivity index (χ1n) is 14.9. The molecule has 0 aliphatic carbocycles. The van der Waals surface area contributed by atoms with Gasteiger partial charge in [-0.25, -0.2) is 9.97 Å². The fraction of sp³-hybridized carbons (Fsp3) is 0.594. The van der Waals surface area contributed by atoms with Crippen LogP contribution in [0.1, 0.15) is 76.7 Å². The van der Waals surface area contributed by atoms with Gasteiger partial charge < -0.3 is 19.1 Å². The molecular formula is C32H47N5O2. The topological polar surface area (TPSA) is 63.5 Å². The first-order valence-corrected chi connectivity index (χ1v) is 14.9. The van der Waals surface area contributed by atoms with Gasteiger partial charge in [0, 0.05) is 25.2 Å². The lowest BCUT2D eigenvalue weighted by molar-refractivity contribution is 0.0735. The minimum atomic E-state index is 0.0188. The Morgan fingerprint density at radius 1 is 0.974 bits per heavy atom. The van der Waals surface area contributed by atoms with E-state index < -0.39 is 0 Å². The molecule has 0 saturated carbocycles. The van der Waals surface area contributed by atoms with E-state index in [1.165, 1.54) is 32.4 Å². The lowest BCUT2D eigenvalue weighted by Gasteiger charge is -2.26. The number of hydrogen-bond acceptors (Lipinski definition) is 5. The van der Waals surface area contributed by atoms with Gasteiger partial charge >= 0.3 is 0 Å². The molecule has 0 radical (unpaired) electrons. The number of piperidine rings is 1. The van der Waals surface area contributed by atoms with Crippen molar-refractivity contribution in [3.8, 4) is 17.1 Å². The minimum absolute atomic E-state index is 0.0188. The zero-order valence-electron chi connectivity index (χ0n) is 24.7. The summed E-state index contributed by atoms with van der Waals surface area (Å²) in [6, 6.07) is 10.0. The van der Waals surface area contributed by atoms with Crippen molar-refractivity contribution in [3.05, 3.63) is 42.2 Å². The van der Waals surface area contributed by atoms with Crippen LogP contribution < -0.4 is 4.74 Å². The normalized spacial score (nSPS) is 14.4. The predicted molar refractivity (Wildman–Crippen MR) is 159 cm³/mol. The molecule has 0 atom stereocenters. The van der Waals surface area contributed by atoms with Crippen molar-refractivity contribution in [3.63, 3.8) is 0 Å². The quantitative estimate of drug-likeness (QED) is 0.250. The number of carbonyl (C=O) groups is 1. The van der Waals surface area contributed by atoms with Crippen molar-refractivity contribution in [2.24, 2.45) is 11.8 Å². The molecule has 1 aliphatic rings. The minimum Gasteiger partial charge on any atom is -0.497 e. The third-order valence-electron chi connectivity index (χ3n) is 7.75. The lowest BCUT2D eigenvalue weighted by atomic mass is 10.1. The lowest BCUT2D eigenvalue weighted by Crippen LogP contribution is -2.34. The van der Waals surface area contributed by atoms with Crippen LogP contribution >= 0.6 is 0 Å². The van der Waals surface area contributed by atoms with Gasteiger partial charge in [-0.3, -0.25) is 4.79 Å². The number of aromatic nitrogens is 3. The first-order chi connectivity index (χ1) is 18.9. The summed E-state index contributed by atoms with van der Waals surface area (Å²) in [5.41, 5.74) is 3.35. The molecule has 7 nitrogen and oxygen atoms in total. The molecule has 0 bridgehead atoms. The van der Waals surface area contributed by atoms with E-state index in [9.17, 15) is 4.79 Å². The Hall–Kier alpha value is -2.93. The van der Waals surface area contributed by atoms with Crippen LogP contribution in [-0.4, -0.2) is 70.1 Å². The van der Waals surface area contributed by atoms with E-state index >= 15 is 0 Å². The SMILES string of the molecule is COc1ccc(-c2nc3cnc(C(=O)N(CCC(C)C)CCC(C)C)cc3n2CCCN2CCCCC2)cc1. The van der Waals surface area contributed by atoms with Gasteiger partial charge in [0.1, 0.15) is 22.8 Å². The summed E-state index contributed by atoms with van der Waals surface area (Å²) < 4.78 is 7.66. The summed E-state index contributed by atoms with van der Waals surface area (Å²) in [4.78, 5) is 27.9. The van der Waals surface area contributed by atoms with E-state index in [0.29, 0.717) is 17.5 Å². The molecule has 4 rings (SSSR count). The maximum Gasteiger partial charge on any atom is 0.272 e. The van der Waals surface area contributed by atoms with E-state index in [1.807, 2.05) is 23.1 Å². The summed E-state index contributed by atoms with van der Waals surface area (Å²) in [6.45, 7) is 14.7. The van der Waals surface area contributed by atoms with Crippen LogP contribution in [0.15, 0.2) is 36.5 Å². The Bertz CT molecular complexity index is 1180. The van der Waals surface area contributed by atoms with Crippen LogP contribution in [0.25, 0.3) is 22.4 Å². The molecule has 1 amide bonds. The van der Waals surface area contributed by atoms with Crippen LogP contribution in [0.2, 0.25) is 0 Å². The van der Waals surface area contributed by atoms with Crippen molar-refractivity contribution in [2.75, 3.05) is 39.8 Å². The summed E-state index contributed by atoms with van der Waals surface area (Å²) in [5.74, 6) is 2.84. The molecule has 39 heavy (non-hydrogen) atoms. The zero-order valence-corrected chi connectivity index (χ0v) is 24.7. The second-order valence-electron chi connectivity index (χ2n) is 11.8. The molecular weight excluding hydrogens is 486 g/mol. The molecule has 212 valence electrons. The molecule has 0 spiro atoms. The third-order valence-corrected chi connectivity index (χ3v) is 7.75. The maximum atomic E-state index is 13.7. The molecule has 0 unspecified atom stereocenters. The number of amides is 1. The molecule has 1 aromatic carbocycles. The van der Waals surface area contributed by atoms with Gasteiger partial charge in [-0.2, -0.15) is 0 Å². The summed E-state index contributed by atoms with van der Waals surface area (Å²) >= 11 is 0. The Labute approximate surface area is 234 Å². The maximum absolute atomic E-state index is 13.7. The average Bonchev–Trinajstić information content (AvgIpc) is 3.30. The number of imidazole rings is 1. The molecule has 0 N–H and O–H groups in total. The smallest absolute Gasteiger partial charge is 0.272 e. The van der Waals surface area contributed by atoms with Gasteiger partial charge in [-0.15, -0.1) is 0 Å². The summed E-state index contributed by atoms with van der Waals surface area (Å²) in [6.07, 6.45) is 8.73. The van der Waals surface area contributed by atoms with Crippen LogP contribution in [0, 0.1) is 11.8 Å². The van der Waals surface area contributed by atoms with Crippen LogP contribution in [0.4, 0.5) is 0 Å². The number of pyridine rings is 1. The molecule has 1 saturated heterocycles. The number of aryl methyl sites for hydroxylation is 1. The van der Waals surface area contributed by atoms with Crippen molar-refractivity contribution < 1.29 is 9.53 Å². The van der Waals surface area contributed by atoms with Crippen LogP contribution in [-0.2, 0) is 6.54 Å². The van der Waals surface area contributed by atoms with E-state index in [-0.39, 0.29) is 5.91 Å². The predicted octanol–water partition coefficient (Wildman–Crippen LogP) is 6.52. The highest BCUT2D eigenvalue weighted by Gasteiger charge is 2.21. The fourth-order valence-electron chi connectivity index (χ4n) is 5.27. The Morgan fingerprint density at radius 3 is 2.26 bits per heavy atom. The van der Waals surface area contributed by atoms with E-state index in [1.54, 1.807) is 13.3 Å². The number of methoxy groups -OCH3 is 1. The van der Waals surface area contributed by atoms with E-state index in [0.717, 1.165) is 73.6 Å². The molecule has 7 heteroatoms. The molecule has 1 fully saturated rings. The average molecular weight is 534 g/mol. The van der Waals surface area contributed by atoms with Gasteiger partial charge in [-0.05, 0) is 93.9 Å². The van der Waals surface area contributed by atoms with E-state index in [2.05, 4.69) is 54.3 Å². The van der Waals surface area contributed by atoms with Crippen LogP contribution in [0.5, 0.6) is 5.75 Å². The number of rotatable bonds is 13. The van der Waals surface area contributed by atoms with Crippen molar-refractivity contribution >= 4 is 16.9 Å². The number of ether oxygens (including phenoxy) is 1. The van der Waals surface area contributed by atoms with Crippen molar-refractivity contribution in [2.45, 2.75) is 72.8 Å². The number of nitrogens with zero attached hydrogens (tertiary/aromatic N) is 5. The highest BCUT2D eigenvalue weighted by atomic mass is 16.5. The third kappa shape index (κ3) is 7.81. The second kappa shape index (κ2) is 13.9. The highest BCUT2D eigenvalue weighted by molar-refractivity contribution is 5.95. The van der Waals surface area contributed by atoms with Gasteiger partial charge in [0.15, 0.2) is 0 Å². The Morgan fingerprint density at radius 2 is 1.64 bits per heavy atom. The molecule has 3 heterocycles. The second-order valence-corrected chi connectivity index (χ2v) is 11.8.